The number of anilines is 1. The monoisotopic (exact) mass is 610 g/mol. The number of benzene rings is 2. The Morgan fingerprint density at radius 3 is 1.81 bits per heavy atom. The molecule has 0 aliphatic carbocycles. The van der Waals surface area contributed by atoms with Gasteiger partial charge < -0.3 is 36.3 Å². The minimum atomic E-state index is -0.795. The van der Waals surface area contributed by atoms with Crippen LogP contribution in [0.1, 0.15) is 41.5 Å². The standard InChI is InChI=1S/C17H24N4O6.C8H7ClN2O4/c1-17(2,3)27-16(23)20-8-6-5-7-19-14-12(21(24)25)9-11(15(18)22)10-13(14)26-4;1-15-6-3-4(8(10)12)2-5(7(6)9)11(13)14/h5-6,9-10,19H,7-8H2,1-4H3,(H2,18,22)(H,20,23);2-3H,1H3,(H2,10,12)/b6-5+;. The Morgan fingerprint density at radius 2 is 1.36 bits per heavy atom. The maximum atomic E-state index is 11.5. The van der Waals surface area contributed by atoms with E-state index >= 15 is 0 Å². The Kier molecular flexibility index (Phi) is 13.0. The summed E-state index contributed by atoms with van der Waals surface area (Å²) in [6.45, 7) is 5.74. The molecule has 0 bridgehead atoms. The van der Waals surface area contributed by atoms with Gasteiger partial charge in [-0.25, -0.2) is 4.79 Å². The molecule has 0 saturated carbocycles. The van der Waals surface area contributed by atoms with Gasteiger partial charge in [-0.1, -0.05) is 23.8 Å². The number of nitrogens with zero attached hydrogens (tertiary/aromatic N) is 2. The van der Waals surface area contributed by atoms with Gasteiger partial charge in [-0.05, 0) is 32.9 Å². The Bertz CT molecular complexity index is 1370. The zero-order chi connectivity index (χ0) is 32.2. The van der Waals surface area contributed by atoms with Gasteiger partial charge in [0.1, 0.15) is 17.1 Å². The largest absolute Gasteiger partial charge is 0.495 e. The van der Waals surface area contributed by atoms with Crippen molar-refractivity contribution in [1.29, 1.82) is 0 Å². The molecule has 0 unspecified atom stereocenters. The number of primary amides is 2. The Balaban J connectivity index is 0.000000495. The van der Waals surface area contributed by atoms with Crippen molar-refractivity contribution in [3.8, 4) is 11.5 Å². The van der Waals surface area contributed by atoms with Crippen molar-refractivity contribution in [1.82, 2.24) is 5.32 Å². The topological polar surface area (TPSA) is 241 Å². The molecule has 0 aliphatic rings. The summed E-state index contributed by atoms with van der Waals surface area (Å²) in [5, 5.41) is 27.1. The van der Waals surface area contributed by atoms with Crippen molar-refractivity contribution >= 4 is 46.6 Å². The van der Waals surface area contributed by atoms with Gasteiger partial charge in [0.15, 0.2) is 10.7 Å². The van der Waals surface area contributed by atoms with Gasteiger partial charge in [-0.2, -0.15) is 0 Å². The van der Waals surface area contributed by atoms with E-state index in [1.54, 1.807) is 32.9 Å². The van der Waals surface area contributed by atoms with Gasteiger partial charge in [0, 0.05) is 36.3 Å². The molecule has 2 rings (SSSR count). The molecule has 2 aromatic carbocycles. The molecule has 3 amide bonds. The van der Waals surface area contributed by atoms with Crippen LogP contribution in [0.5, 0.6) is 11.5 Å². The Labute approximate surface area is 245 Å². The zero-order valence-corrected chi connectivity index (χ0v) is 24.1. The van der Waals surface area contributed by atoms with Crippen LogP contribution in [0.15, 0.2) is 36.4 Å². The molecule has 42 heavy (non-hydrogen) atoms. The normalized spacial score (nSPS) is 10.6. The van der Waals surface area contributed by atoms with Crippen LogP contribution >= 0.6 is 11.6 Å². The minimum absolute atomic E-state index is 0.0250. The number of halogens is 1. The van der Waals surface area contributed by atoms with E-state index in [0.717, 1.165) is 12.1 Å². The number of amides is 3. The van der Waals surface area contributed by atoms with E-state index in [1.165, 1.54) is 26.4 Å². The molecular formula is C25H31ClN6O10. The van der Waals surface area contributed by atoms with E-state index in [2.05, 4.69) is 10.6 Å². The third kappa shape index (κ3) is 10.8. The van der Waals surface area contributed by atoms with E-state index < -0.39 is 39.0 Å². The fraction of sp³-hybridized carbons (Fsp3) is 0.320. The van der Waals surface area contributed by atoms with Crippen LogP contribution in [-0.4, -0.2) is 60.7 Å². The number of methoxy groups -OCH3 is 2. The highest BCUT2D eigenvalue weighted by Crippen LogP contribution is 2.36. The van der Waals surface area contributed by atoms with Gasteiger partial charge in [0.2, 0.25) is 11.8 Å². The number of hydrogen-bond donors (Lipinski definition) is 4. The summed E-state index contributed by atoms with van der Waals surface area (Å²) < 4.78 is 15.0. The molecule has 17 heteroatoms. The molecular weight excluding hydrogens is 580 g/mol. The number of hydrogen-bond acceptors (Lipinski definition) is 11. The van der Waals surface area contributed by atoms with Crippen LogP contribution in [0.25, 0.3) is 0 Å². The fourth-order valence-electron chi connectivity index (χ4n) is 3.02. The quantitative estimate of drug-likeness (QED) is 0.163. The summed E-state index contributed by atoms with van der Waals surface area (Å²) in [6, 6.07) is 4.66. The summed E-state index contributed by atoms with van der Waals surface area (Å²) in [6.07, 6.45) is 2.79. The van der Waals surface area contributed by atoms with E-state index in [9.17, 15) is 34.6 Å². The average molecular weight is 611 g/mol. The van der Waals surface area contributed by atoms with Crippen LogP contribution in [0.3, 0.4) is 0 Å². The van der Waals surface area contributed by atoms with Crippen LogP contribution < -0.4 is 31.6 Å². The summed E-state index contributed by atoms with van der Waals surface area (Å²) >= 11 is 5.66. The van der Waals surface area contributed by atoms with Crippen LogP contribution in [0.4, 0.5) is 21.9 Å². The Morgan fingerprint density at radius 1 is 0.881 bits per heavy atom. The molecule has 16 nitrogen and oxygen atoms in total. The predicted octanol–water partition coefficient (Wildman–Crippen LogP) is 3.55. The lowest BCUT2D eigenvalue weighted by Crippen LogP contribution is -2.32. The molecule has 0 atom stereocenters. The lowest BCUT2D eigenvalue weighted by atomic mass is 10.1. The van der Waals surface area contributed by atoms with E-state index in [0.29, 0.717) is 0 Å². The molecule has 228 valence electrons. The van der Waals surface area contributed by atoms with Gasteiger partial charge in [-0.15, -0.1) is 0 Å². The second kappa shape index (κ2) is 15.6. The Hall–Kier alpha value is -5.12. The predicted molar refractivity (Wildman–Crippen MR) is 153 cm³/mol. The summed E-state index contributed by atoms with van der Waals surface area (Å²) in [4.78, 5) is 54.1. The molecule has 0 aliphatic heterocycles. The van der Waals surface area contributed by atoms with E-state index in [4.69, 9.17) is 37.3 Å². The van der Waals surface area contributed by atoms with Crippen molar-refractivity contribution in [2.45, 2.75) is 26.4 Å². The minimum Gasteiger partial charge on any atom is -0.495 e. The maximum Gasteiger partial charge on any atom is 0.407 e. The van der Waals surface area contributed by atoms with Gasteiger partial charge >= 0.3 is 6.09 Å². The fourth-order valence-corrected chi connectivity index (χ4v) is 3.27. The molecule has 0 aromatic heterocycles. The molecule has 0 radical (unpaired) electrons. The average Bonchev–Trinajstić information content (AvgIpc) is 2.89. The van der Waals surface area contributed by atoms with Crippen molar-refractivity contribution in [2.75, 3.05) is 32.6 Å². The van der Waals surface area contributed by atoms with Crippen LogP contribution in [0.2, 0.25) is 5.02 Å². The number of nitro benzene ring substituents is 2. The van der Waals surface area contributed by atoms with Gasteiger partial charge in [0.05, 0.1) is 24.1 Å². The summed E-state index contributed by atoms with van der Waals surface area (Å²) in [5.74, 6) is -1.41. The maximum absolute atomic E-state index is 11.5. The third-order valence-corrected chi connectivity index (χ3v) is 5.21. The second-order valence-electron chi connectivity index (χ2n) is 9.06. The lowest BCUT2D eigenvalue weighted by molar-refractivity contribution is -0.384. The molecule has 0 saturated heterocycles. The van der Waals surface area contributed by atoms with Crippen LogP contribution in [-0.2, 0) is 4.74 Å². The van der Waals surface area contributed by atoms with E-state index in [-0.39, 0.29) is 52.1 Å². The number of nitrogens with one attached hydrogen (secondary N) is 2. The lowest BCUT2D eigenvalue weighted by Gasteiger charge is -2.19. The first kappa shape index (κ1) is 34.9. The molecule has 6 N–H and O–H groups in total. The molecule has 0 heterocycles. The highest BCUT2D eigenvalue weighted by Gasteiger charge is 2.22. The van der Waals surface area contributed by atoms with Crippen molar-refractivity contribution in [3.63, 3.8) is 0 Å². The van der Waals surface area contributed by atoms with Crippen molar-refractivity contribution < 1.29 is 38.4 Å². The molecule has 2 aromatic rings. The number of rotatable bonds is 11. The SMILES string of the molecule is COc1cc(C(N)=O)cc([N+](=O)[O-])c1Cl.COc1cc(C(N)=O)cc([N+](=O)[O-])c1NC/C=C/CNC(=O)OC(C)(C)C. The number of alkyl carbamates (subject to hydrolysis) is 1. The smallest absolute Gasteiger partial charge is 0.407 e. The third-order valence-electron chi connectivity index (χ3n) is 4.83. The number of nitro groups is 2. The van der Waals surface area contributed by atoms with Crippen molar-refractivity contribution in [2.24, 2.45) is 11.5 Å². The first-order valence-corrected chi connectivity index (χ1v) is 12.2. The number of nitrogens with two attached hydrogens (primary N) is 2. The van der Waals surface area contributed by atoms with Gasteiger partial charge in [0.25, 0.3) is 11.4 Å². The highest BCUT2D eigenvalue weighted by molar-refractivity contribution is 6.34. The second-order valence-corrected chi connectivity index (χ2v) is 9.44. The van der Waals surface area contributed by atoms with E-state index in [1.807, 2.05) is 0 Å². The molecule has 0 fully saturated rings. The number of carbonyl (C=O) groups excluding carboxylic acids is 3. The first-order valence-electron chi connectivity index (χ1n) is 11.9. The van der Waals surface area contributed by atoms with Crippen molar-refractivity contribution in [3.05, 3.63) is 72.8 Å². The number of ether oxygens (including phenoxy) is 3. The summed E-state index contributed by atoms with van der Waals surface area (Å²) in [5.41, 5.74) is 8.92. The zero-order valence-electron chi connectivity index (χ0n) is 23.4. The first-order chi connectivity index (χ1) is 19.5. The highest BCUT2D eigenvalue weighted by atomic mass is 35.5. The summed E-state index contributed by atoms with van der Waals surface area (Å²) in [7, 11) is 2.62. The van der Waals surface area contributed by atoms with Crippen LogP contribution in [0, 0.1) is 20.2 Å². The number of carbonyl (C=O) groups is 3. The van der Waals surface area contributed by atoms with Gasteiger partial charge in [-0.3, -0.25) is 29.8 Å². The molecule has 0 spiro atoms.